The highest BCUT2D eigenvalue weighted by Gasteiger charge is 2.17. The van der Waals surface area contributed by atoms with Crippen LogP contribution >= 0.6 is 11.8 Å². The van der Waals surface area contributed by atoms with E-state index in [0.29, 0.717) is 5.25 Å². The second-order valence-corrected chi connectivity index (χ2v) is 3.11. The molecule has 2 atom stereocenters. The van der Waals surface area contributed by atoms with Crippen molar-refractivity contribution in [2.45, 2.75) is 12.2 Å². The molecular weight excluding hydrogens is 118 g/mol. The van der Waals surface area contributed by atoms with Crippen molar-refractivity contribution in [3.63, 3.8) is 0 Å². The molecule has 0 saturated heterocycles. The van der Waals surface area contributed by atoms with Gasteiger partial charge in [0.15, 0.2) is 0 Å². The Balaban J connectivity index is 2.57. The van der Waals surface area contributed by atoms with Crippen LogP contribution in [-0.4, -0.2) is 5.25 Å². The molecule has 0 spiro atoms. The van der Waals surface area contributed by atoms with Crippen molar-refractivity contribution in [3.05, 3.63) is 11.5 Å². The third-order valence-corrected chi connectivity index (χ3v) is 2.27. The van der Waals surface area contributed by atoms with Gasteiger partial charge in [-0.1, -0.05) is 13.0 Å². The summed E-state index contributed by atoms with van der Waals surface area (Å²) >= 11 is 1.73. The predicted octanol–water partition coefficient (Wildman–Crippen LogP) is 1.78. The average molecular weight is 125 g/mol. The van der Waals surface area contributed by atoms with Crippen LogP contribution in [0.2, 0.25) is 0 Å². The van der Waals surface area contributed by atoms with Crippen LogP contribution in [0.1, 0.15) is 6.92 Å². The number of hydrogen-bond acceptors (Lipinski definition) is 2. The molecule has 1 nitrogen and oxygen atoms in total. The van der Waals surface area contributed by atoms with Crippen molar-refractivity contribution in [1.29, 1.82) is 5.26 Å². The van der Waals surface area contributed by atoms with Gasteiger partial charge >= 0.3 is 0 Å². The van der Waals surface area contributed by atoms with Gasteiger partial charge in [0.25, 0.3) is 0 Å². The maximum absolute atomic E-state index is 8.42. The number of hydrogen-bond donors (Lipinski definition) is 0. The molecule has 2 unspecified atom stereocenters. The normalized spacial score (nSPS) is 35.0. The molecule has 1 aliphatic heterocycles. The molecule has 0 radical (unpaired) electrons. The lowest BCUT2D eigenvalue weighted by molar-refractivity contribution is 0.824. The van der Waals surface area contributed by atoms with Gasteiger partial charge in [-0.05, 0) is 5.41 Å². The number of allylic oxidation sites excluding steroid dienone is 1. The first-order valence-electron chi connectivity index (χ1n) is 2.56. The van der Waals surface area contributed by atoms with E-state index in [1.165, 1.54) is 0 Å². The highest BCUT2D eigenvalue weighted by Crippen LogP contribution is 2.28. The lowest BCUT2D eigenvalue weighted by atomic mass is 10.1. The zero-order chi connectivity index (χ0) is 5.98. The summed E-state index contributed by atoms with van der Waals surface area (Å²) in [4.78, 5) is 0. The Morgan fingerprint density at radius 3 is 2.75 bits per heavy atom. The van der Waals surface area contributed by atoms with E-state index in [1.807, 2.05) is 11.5 Å². The van der Waals surface area contributed by atoms with Crippen molar-refractivity contribution in [2.75, 3.05) is 0 Å². The molecule has 0 saturated carbocycles. The molecule has 0 aromatic heterocycles. The van der Waals surface area contributed by atoms with Crippen LogP contribution in [0.15, 0.2) is 11.5 Å². The minimum absolute atomic E-state index is 0.153. The predicted molar refractivity (Wildman–Crippen MR) is 35.3 cm³/mol. The Morgan fingerprint density at radius 2 is 2.50 bits per heavy atom. The first-order valence-corrected chi connectivity index (χ1v) is 3.50. The van der Waals surface area contributed by atoms with Crippen molar-refractivity contribution in [1.82, 2.24) is 0 Å². The molecule has 2 heteroatoms. The lowest BCUT2D eigenvalue weighted by Gasteiger charge is -2.01. The second-order valence-electron chi connectivity index (χ2n) is 1.82. The molecule has 1 heterocycles. The van der Waals surface area contributed by atoms with Crippen LogP contribution in [0.5, 0.6) is 0 Å². The van der Waals surface area contributed by atoms with Crippen molar-refractivity contribution in [2.24, 2.45) is 5.92 Å². The fourth-order valence-electron chi connectivity index (χ4n) is 0.643. The molecular formula is C6H7NS. The van der Waals surface area contributed by atoms with Gasteiger partial charge in [-0.2, -0.15) is 5.26 Å². The Labute approximate surface area is 53.4 Å². The average Bonchev–Trinajstić information content (AvgIpc) is 2.14. The van der Waals surface area contributed by atoms with Gasteiger partial charge in [0.05, 0.1) is 12.0 Å². The van der Waals surface area contributed by atoms with Gasteiger partial charge in [0.1, 0.15) is 0 Å². The first kappa shape index (κ1) is 5.71. The molecule has 0 aromatic carbocycles. The molecule has 1 aliphatic rings. The molecule has 0 bridgehead atoms. The van der Waals surface area contributed by atoms with Crippen molar-refractivity contribution >= 4 is 11.8 Å². The molecule has 0 aromatic rings. The summed E-state index contributed by atoms with van der Waals surface area (Å²) < 4.78 is 0. The Morgan fingerprint density at radius 1 is 1.75 bits per heavy atom. The van der Waals surface area contributed by atoms with Crippen LogP contribution < -0.4 is 0 Å². The smallest absolute Gasteiger partial charge is 0.0770 e. The fraction of sp³-hybridized carbons (Fsp3) is 0.500. The van der Waals surface area contributed by atoms with E-state index in [4.69, 9.17) is 5.26 Å². The molecule has 0 amide bonds. The van der Waals surface area contributed by atoms with Gasteiger partial charge in [-0.15, -0.1) is 11.8 Å². The van der Waals surface area contributed by atoms with E-state index >= 15 is 0 Å². The number of nitrogens with zero attached hydrogens (tertiary/aromatic N) is 1. The van der Waals surface area contributed by atoms with E-state index in [0.717, 1.165) is 0 Å². The maximum atomic E-state index is 8.42. The monoisotopic (exact) mass is 125 g/mol. The van der Waals surface area contributed by atoms with E-state index < -0.39 is 0 Å². The van der Waals surface area contributed by atoms with E-state index in [9.17, 15) is 0 Å². The number of thioether (sulfide) groups is 1. The summed E-state index contributed by atoms with van der Waals surface area (Å²) in [5.41, 5.74) is 0. The summed E-state index contributed by atoms with van der Waals surface area (Å²) in [6.07, 6.45) is 1.95. The highest BCUT2D eigenvalue weighted by molar-refractivity contribution is 8.03. The largest absolute Gasteiger partial charge is 0.198 e. The van der Waals surface area contributed by atoms with Crippen LogP contribution in [0.25, 0.3) is 0 Å². The van der Waals surface area contributed by atoms with Gasteiger partial charge in [-0.25, -0.2) is 0 Å². The van der Waals surface area contributed by atoms with Gasteiger partial charge in [0, 0.05) is 5.25 Å². The zero-order valence-corrected chi connectivity index (χ0v) is 5.48. The van der Waals surface area contributed by atoms with Crippen molar-refractivity contribution in [3.8, 4) is 6.07 Å². The molecule has 8 heavy (non-hydrogen) atoms. The minimum atomic E-state index is 0.153. The molecule has 1 rings (SSSR count). The lowest BCUT2D eigenvalue weighted by Crippen LogP contribution is -2.02. The molecule has 42 valence electrons. The standard InChI is InChI=1S/C6H7NS/c1-5-6(4-7)2-3-8-5/h2-3,5-6H,1H3. The van der Waals surface area contributed by atoms with Crippen LogP contribution in [0, 0.1) is 17.2 Å². The van der Waals surface area contributed by atoms with Crippen LogP contribution in [-0.2, 0) is 0 Å². The highest BCUT2D eigenvalue weighted by atomic mass is 32.2. The first-order chi connectivity index (χ1) is 3.84. The summed E-state index contributed by atoms with van der Waals surface area (Å²) in [5, 5.41) is 10.9. The zero-order valence-electron chi connectivity index (χ0n) is 4.66. The van der Waals surface area contributed by atoms with Crippen LogP contribution in [0.3, 0.4) is 0 Å². The Kier molecular flexibility index (Phi) is 1.59. The van der Waals surface area contributed by atoms with E-state index in [1.54, 1.807) is 11.8 Å². The van der Waals surface area contributed by atoms with E-state index in [-0.39, 0.29) is 5.92 Å². The van der Waals surface area contributed by atoms with Gasteiger partial charge < -0.3 is 0 Å². The SMILES string of the molecule is CC1SC=CC1C#N. The van der Waals surface area contributed by atoms with E-state index in [2.05, 4.69) is 13.0 Å². The number of rotatable bonds is 0. The minimum Gasteiger partial charge on any atom is -0.198 e. The molecule has 0 N–H and O–H groups in total. The summed E-state index contributed by atoms with van der Waals surface area (Å²) in [6.45, 7) is 2.07. The van der Waals surface area contributed by atoms with Gasteiger partial charge in [-0.3, -0.25) is 0 Å². The Bertz CT molecular complexity index is 145. The third-order valence-electron chi connectivity index (χ3n) is 1.23. The molecule has 0 fully saturated rings. The topological polar surface area (TPSA) is 23.8 Å². The number of nitriles is 1. The van der Waals surface area contributed by atoms with Crippen LogP contribution in [0.4, 0.5) is 0 Å². The van der Waals surface area contributed by atoms with Gasteiger partial charge in [0.2, 0.25) is 0 Å². The third kappa shape index (κ3) is 0.873. The fourth-order valence-corrected chi connectivity index (χ4v) is 1.47. The summed E-state index contributed by atoms with van der Waals surface area (Å²) in [5.74, 6) is 0.153. The maximum Gasteiger partial charge on any atom is 0.0770 e. The summed E-state index contributed by atoms with van der Waals surface area (Å²) in [7, 11) is 0. The van der Waals surface area contributed by atoms with Crippen molar-refractivity contribution < 1.29 is 0 Å². The summed E-state index contributed by atoms with van der Waals surface area (Å²) in [6, 6.07) is 2.21. The Hall–Kier alpha value is -0.420. The quantitative estimate of drug-likeness (QED) is 0.492. The second kappa shape index (κ2) is 2.23. The molecule has 0 aliphatic carbocycles.